The van der Waals surface area contributed by atoms with Crippen LogP contribution in [0.5, 0.6) is 0 Å². The largest absolute Gasteiger partial charge is 0.392 e. The predicted molar refractivity (Wildman–Crippen MR) is 62.9 cm³/mol. The van der Waals surface area contributed by atoms with Gasteiger partial charge in [0.1, 0.15) is 0 Å². The van der Waals surface area contributed by atoms with Crippen molar-refractivity contribution < 1.29 is 0 Å². The van der Waals surface area contributed by atoms with Crippen molar-refractivity contribution in [2.45, 2.75) is 13.8 Å². The summed E-state index contributed by atoms with van der Waals surface area (Å²) in [4.78, 5) is 0. The summed E-state index contributed by atoms with van der Waals surface area (Å²) >= 11 is 0. The van der Waals surface area contributed by atoms with Gasteiger partial charge in [-0.05, 0) is 31.1 Å². The summed E-state index contributed by atoms with van der Waals surface area (Å²) in [7, 11) is 1.93. The second-order valence-corrected chi connectivity index (χ2v) is 3.32. The second-order valence-electron chi connectivity index (χ2n) is 3.32. The van der Waals surface area contributed by atoms with Crippen LogP contribution in [-0.4, -0.2) is 7.05 Å². The molecule has 0 aliphatic heterocycles. The molecule has 1 aromatic carbocycles. The minimum atomic E-state index is 1.17. The van der Waals surface area contributed by atoms with Crippen LogP contribution in [0.2, 0.25) is 0 Å². The van der Waals surface area contributed by atoms with Gasteiger partial charge >= 0.3 is 0 Å². The number of hydrogen-bond acceptors (Lipinski definition) is 1. The molecule has 1 nitrogen and oxygen atoms in total. The van der Waals surface area contributed by atoms with E-state index < -0.39 is 0 Å². The molecule has 0 amide bonds. The molecule has 0 aromatic heterocycles. The van der Waals surface area contributed by atoms with Crippen LogP contribution in [0.1, 0.15) is 19.4 Å². The third-order valence-electron chi connectivity index (χ3n) is 2.21. The van der Waals surface area contributed by atoms with Gasteiger partial charge in [0.15, 0.2) is 0 Å². The highest BCUT2D eigenvalue weighted by Crippen LogP contribution is 2.12. The standard InChI is InChI=1S/C13H17N/c1-11(9-10-12(2)14-3)13-7-5-4-6-8-13/h4-10,14H,1-3H3/b11-9+,12-10+. The van der Waals surface area contributed by atoms with Crippen LogP contribution in [0.4, 0.5) is 0 Å². The van der Waals surface area contributed by atoms with Gasteiger partial charge in [0.2, 0.25) is 0 Å². The minimum Gasteiger partial charge on any atom is -0.392 e. The van der Waals surface area contributed by atoms with Gasteiger partial charge in [-0.25, -0.2) is 0 Å². The fourth-order valence-electron chi connectivity index (χ4n) is 1.13. The topological polar surface area (TPSA) is 12.0 Å². The third-order valence-corrected chi connectivity index (χ3v) is 2.21. The molecule has 0 atom stereocenters. The molecule has 0 heterocycles. The molecule has 0 aliphatic rings. The molecule has 0 saturated carbocycles. The van der Waals surface area contributed by atoms with Crippen molar-refractivity contribution in [1.82, 2.24) is 5.32 Å². The monoisotopic (exact) mass is 187 g/mol. The molecule has 0 radical (unpaired) electrons. The molecular formula is C13H17N. The summed E-state index contributed by atoms with van der Waals surface area (Å²) in [5.74, 6) is 0. The lowest BCUT2D eigenvalue weighted by Gasteiger charge is -2.00. The van der Waals surface area contributed by atoms with E-state index in [9.17, 15) is 0 Å². The molecule has 0 fully saturated rings. The summed E-state index contributed by atoms with van der Waals surface area (Å²) in [6.45, 7) is 4.17. The molecule has 74 valence electrons. The SMILES string of the molecule is CN/C(C)=C/C=C(\C)c1ccccc1. The van der Waals surface area contributed by atoms with Crippen LogP contribution >= 0.6 is 0 Å². The van der Waals surface area contributed by atoms with Gasteiger partial charge in [-0.2, -0.15) is 0 Å². The number of rotatable bonds is 3. The molecule has 1 N–H and O–H groups in total. The van der Waals surface area contributed by atoms with Gasteiger partial charge in [-0.3, -0.25) is 0 Å². The lowest BCUT2D eigenvalue weighted by atomic mass is 10.1. The first-order valence-electron chi connectivity index (χ1n) is 4.82. The van der Waals surface area contributed by atoms with Crippen molar-refractivity contribution in [3.63, 3.8) is 0 Å². The Morgan fingerprint density at radius 2 is 1.71 bits per heavy atom. The van der Waals surface area contributed by atoms with Crippen LogP contribution in [0.25, 0.3) is 5.57 Å². The van der Waals surface area contributed by atoms with Crippen molar-refractivity contribution in [1.29, 1.82) is 0 Å². The summed E-state index contributed by atoms with van der Waals surface area (Å²) < 4.78 is 0. The number of nitrogens with one attached hydrogen (secondary N) is 1. The molecule has 0 aliphatic carbocycles. The fraction of sp³-hybridized carbons (Fsp3) is 0.231. The zero-order valence-corrected chi connectivity index (χ0v) is 9.04. The normalized spacial score (nSPS) is 12.8. The molecule has 0 unspecified atom stereocenters. The second kappa shape index (κ2) is 5.28. The molecule has 1 heteroatoms. The lowest BCUT2D eigenvalue weighted by molar-refractivity contribution is 0.990. The first kappa shape index (κ1) is 10.6. The van der Waals surface area contributed by atoms with Gasteiger partial charge in [-0.15, -0.1) is 0 Å². The average Bonchev–Trinajstić information content (AvgIpc) is 2.26. The van der Waals surface area contributed by atoms with Crippen LogP contribution in [0.15, 0.2) is 48.2 Å². The van der Waals surface area contributed by atoms with Crippen LogP contribution < -0.4 is 5.32 Å². The zero-order valence-electron chi connectivity index (χ0n) is 9.04. The maximum Gasteiger partial charge on any atom is 0.00725 e. The zero-order chi connectivity index (χ0) is 10.4. The minimum absolute atomic E-state index is 1.17. The van der Waals surface area contributed by atoms with Gasteiger partial charge in [-0.1, -0.05) is 36.4 Å². The van der Waals surface area contributed by atoms with Crippen molar-refractivity contribution in [3.05, 3.63) is 53.7 Å². The van der Waals surface area contributed by atoms with E-state index in [1.54, 1.807) is 0 Å². The first-order valence-corrected chi connectivity index (χ1v) is 4.82. The summed E-state index contributed by atoms with van der Waals surface area (Å²) in [5.41, 5.74) is 3.72. The van der Waals surface area contributed by atoms with Gasteiger partial charge in [0.25, 0.3) is 0 Å². The average molecular weight is 187 g/mol. The summed E-state index contributed by atoms with van der Waals surface area (Å²) in [6.07, 6.45) is 4.21. The van der Waals surface area contributed by atoms with Gasteiger partial charge in [0, 0.05) is 12.7 Å². The Morgan fingerprint density at radius 3 is 2.29 bits per heavy atom. The molecule has 14 heavy (non-hydrogen) atoms. The highest BCUT2D eigenvalue weighted by Gasteiger charge is 1.91. The van der Waals surface area contributed by atoms with E-state index in [-0.39, 0.29) is 0 Å². The molecule has 0 saturated heterocycles. The maximum atomic E-state index is 3.09. The Morgan fingerprint density at radius 1 is 1.07 bits per heavy atom. The molecule has 0 spiro atoms. The van der Waals surface area contributed by atoms with Gasteiger partial charge in [0.05, 0.1) is 0 Å². The van der Waals surface area contributed by atoms with Crippen molar-refractivity contribution in [2.75, 3.05) is 7.05 Å². The van der Waals surface area contributed by atoms with Gasteiger partial charge < -0.3 is 5.32 Å². The Labute approximate surface area is 86.2 Å². The van der Waals surface area contributed by atoms with E-state index in [2.05, 4.69) is 55.6 Å². The Hall–Kier alpha value is -1.50. The molecule has 1 rings (SSSR count). The van der Waals surface area contributed by atoms with E-state index >= 15 is 0 Å². The lowest BCUT2D eigenvalue weighted by Crippen LogP contribution is -2.00. The van der Waals surface area contributed by atoms with Crippen molar-refractivity contribution in [3.8, 4) is 0 Å². The van der Waals surface area contributed by atoms with Crippen molar-refractivity contribution in [2.24, 2.45) is 0 Å². The molecule has 1 aromatic rings. The van der Waals surface area contributed by atoms with E-state index in [0.29, 0.717) is 0 Å². The Kier molecular flexibility index (Phi) is 3.99. The highest BCUT2D eigenvalue weighted by molar-refractivity contribution is 5.65. The summed E-state index contributed by atoms with van der Waals surface area (Å²) in [6, 6.07) is 10.4. The Bertz CT molecular complexity index is 334. The Balaban J connectivity index is 2.81. The smallest absolute Gasteiger partial charge is 0.00725 e. The maximum absolute atomic E-state index is 3.09. The van der Waals surface area contributed by atoms with E-state index in [0.717, 1.165) is 0 Å². The van der Waals surface area contributed by atoms with E-state index in [1.807, 2.05) is 13.1 Å². The third kappa shape index (κ3) is 3.09. The predicted octanol–water partition coefficient (Wildman–Crippen LogP) is 3.21. The van der Waals surface area contributed by atoms with Crippen LogP contribution in [-0.2, 0) is 0 Å². The highest BCUT2D eigenvalue weighted by atomic mass is 14.8. The van der Waals surface area contributed by atoms with Crippen LogP contribution in [0.3, 0.4) is 0 Å². The van der Waals surface area contributed by atoms with Crippen LogP contribution in [0, 0.1) is 0 Å². The fourth-order valence-corrected chi connectivity index (χ4v) is 1.13. The van der Waals surface area contributed by atoms with E-state index in [4.69, 9.17) is 0 Å². The van der Waals surface area contributed by atoms with Crippen molar-refractivity contribution >= 4 is 5.57 Å². The first-order chi connectivity index (χ1) is 6.74. The number of hydrogen-bond donors (Lipinski definition) is 1. The summed E-state index contributed by atoms with van der Waals surface area (Å²) in [5, 5.41) is 3.09. The quantitative estimate of drug-likeness (QED) is 0.716. The molecule has 0 bridgehead atoms. The number of benzene rings is 1. The molecular weight excluding hydrogens is 170 g/mol. The van der Waals surface area contributed by atoms with E-state index in [1.165, 1.54) is 16.8 Å². The number of allylic oxidation sites excluding steroid dienone is 4.